The summed E-state index contributed by atoms with van der Waals surface area (Å²) in [4.78, 5) is 27.8. The Morgan fingerprint density at radius 1 is 1.03 bits per heavy atom. The third-order valence-corrected chi connectivity index (χ3v) is 4.98. The summed E-state index contributed by atoms with van der Waals surface area (Å²) in [5.41, 5.74) is 1.17. The van der Waals surface area contributed by atoms with Gasteiger partial charge in [-0.15, -0.1) is 0 Å². The number of morpholine rings is 1. The van der Waals surface area contributed by atoms with Crippen LogP contribution in [0.15, 0.2) is 46.9 Å². The molecule has 1 N–H and O–H groups in total. The molecule has 8 heteroatoms. The highest BCUT2D eigenvalue weighted by Crippen LogP contribution is 2.33. The molecule has 1 aliphatic heterocycles. The Hall–Kier alpha value is -3.52. The van der Waals surface area contributed by atoms with Crippen LogP contribution in [0, 0.1) is 0 Å². The molecule has 1 aromatic heterocycles. The molecule has 0 bridgehead atoms. The lowest BCUT2D eigenvalue weighted by atomic mass is 10.1. The smallest absolute Gasteiger partial charge is 0.291 e. The third-order valence-electron chi connectivity index (χ3n) is 4.98. The lowest BCUT2D eigenvalue weighted by Crippen LogP contribution is -2.40. The largest absolute Gasteiger partial charge is 0.497 e. The van der Waals surface area contributed by atoms with Crippen molar-refractivity contribution in [2.45, 2.75) is 0 Å². The first-order chi connectivity index (χ1) is 14.6. The van der Waals surface area contributed by atoms with Crippen molar-refractivity contribution in [1.82, 2.24) is 4.90 Å². The van der Waals surface area contributed by atoms with Crippen molar-refractivity contribution >= 4 is 28.5 Å². The van der Waals surface area contributed by atoms with Gasteiger partial charge in [0.2, 0.25) is 5.76 Å². The molecule has 3 aromatic rings. The number of anilines is 1. The number of hydrogen-bond donors (Lipinski definition) is 1. The van der Waals surface area contributed by atoms with E-state index >= 15 is 0 Å². The van der Waals surface area contributed by atoms with Gasteiger partial charge >= 0.3 is 0 Å². The number of rotatable bonds is 5. The van der Waals surface area contributed by atoms with Crippen LogP contribution in [0.5, 0.6) is 11.5 Å². The van der Waals surface area contributed by atoms with E-state index in [0.29, 0.717) is 60.0 Å². The van der Waals surface area contributed by atoms with Gasteiger partial charge in [-0.2, -0.15) is 0 Å². The number of ether oxygens (including phenoxy) is 3. The van der Waals surface area contributed by atoms with Crippen LogP contribution in [-0.2, 0) is 4.74 Å². The van der Waals surface area contributed by atoms with E-state index in [0.717, 1.165) is 0 Å². The average Bonchev–Trinajstić information content (AvgIpc) is 3.16. The van der Waals surface area contributed by atoms with Gasteiger partial charge in [0.25, 0.3) is 11.8 Å². The molecule has 2 heterocycles. The zero-order valence-corrected chi connectivity index (χ0v) is 16.8. The number of benzene rings is 2. The van der Waals surface area contributed by atoms with Crippen LogP contribution < -0.4 is 14.8 Å². The highest BCUT2D eigenvalue weighted by molar-refractivity contribution is 6.15. The van der Waals surface area contributed by atoms with Crippen molar-refractivity contribution in [2.24, 2.45) is 0 Å². The second-order valence-corrected chi connectivity index (χ2v) is 6.73. The van der Waals surface area contributed by atoms with Crippen molar-refractivity contribution in [3.63, 3.8) is 0 Å². The van der Waals surface area contributed by atoms with Gasteiger partial charge in [0.1, 0.15) is 22.8 Å². The number of carbonyl (C=O) groups is 2. The van der Waals surface area contributed by atoms with Crippen molar-refractivity contribution in [3.8, 4) is 11.5 Å². The molecule has 4 rings (SSSR count). The first-order valence-electron chi connectivity index (χ1n) is 9.54. The molecule has 30 heavy (non-hydrogen) atoms. The zero-order valence-electron chi connectivity index (χ0n) is 16.8. The monoisotopic (exact) mass is 410 g/mol. The Labute approximate surface area is 173 Å². The molecule has 0 radical (unpaired) electrons. The summed E-state index contributed by atoms with van der Waals surface area (Å²) in [6.45, 7) is 1.87. The van der Waals surface area contributed by atoms with Gasteiger partial charge in [-0.25, -0.2) is 0 Å². The molecule has 2 amide bonds. The van der Waals surface area contributed by atoms with E-state index in [1.54, 1.807) is 35.2 Å². The highest BCUT2D eigenvalue weighted by Gasteiger charge is 2.28. The maximum atomic E-state index is 13.1. The molecule has 0 spiro atoms. The third kappa shape index (κ3) is 3.69. The maximum Gasteiger partial charge on any atom is 0.291 e. The van der Waals surface area contributed by atoms with E-state index in [9.17, 15) is 9.59 Å². The molecule has 1 aliphatic rings. The Kier molecular flexibility index (Phi) is 5.58. The summed E-state index contributed by atoms with van der Waals surface area (Å²) in [6.07, 6.45) is 0. The van der Waals surface area contributed by atoms with E-state index in [2.05, 4.69) is 5.32 Å². The lowest BCUT2D eigenvalue weighted by Gasteiger charge is -2.26. The topological polar surface area (TPSA) is 90.2 Å². The fourth-order valence-electron chi connectivity index (χ4n) is 3.40. The Bertz CT molecular complexity index is 1080. The summed E-state index contributed by atoms with van der Waals surface area (Å²) in [5, 5.41) is 3.50. The number of carbonyl (C=O) groups excluding carboxylic acids is 2. The minimum atomic E-state index is -0.419. The number of furan rings is 1. The minimum Gasteiger partial charge on any atom is -0.497 e. The fourth-order valence-corrected chi connectivity index (χ4v) is 3.40. The van der Waals surface area contributed by atoms with Gasteiger partial charge in [0.15, 0.2) is 0 Å². The number of amides is 2. The van der Waals surface area contributed by atoms with Gasteiger partial charge < -0.3 is 28.8 Å². The van der Waals surface area contributed by atoms with E-state index in [4.69, 9.17) is 18.6 Å². The SMILES string of the molecule is COc1ccc(C(=O)Nc2c(C(=O)N3CCOCC3)oc3ccccc23)c(OC)c1. The Balaban J connectivity index is 1.71. The number of para-hydroxylation sites is 1. The van der Waals surface area contributed by atoms with Gasteiger partial charge in [-0.3, -0.25) is 9.59 Å². The number of nitrogens with zero attached hydrogens (tertiary/aromatic N) is 1. The summed E-state index contributed by atoms with van der Waals surface area (Å²) in [5.74, 6) is 0.323. The van der Waals surface area contributed by atoms with Gasteiger partial charge in [-0.05, 0) is 24.3 Å². The molecule has 1 saturated heterocycles. The molecule has 1 fully saturated rings. The highest BCUT2D eigenvalue weighted by atomic mass is 16.5. The van der Waals surface area contributed by atoms with Crippen LogP contribution >= 0.6 is 0 Å². The first-order valence-corrected chi connectivity index (χ1v) is 9.54. The molecule has 8 nitrogen and oxygen atoms in total. The maximum absolute atomic E-state index is 13.1. The fraction of sp³-hybridized carbons (Fsp3) is 0.273. The molecule has 2 aromatic carbocycles. The molecule has 0 saturated carbocycles. The number of fused-ring (bicyclic) bond motifs is 1. The van der Waals surface area contributed by atoms with Crippen molar-refractivity contribution in [2.75, 3.05) is 45.8 Å². The van der Waals surface area contributed by atoms with Crippen LogP contribution in [0.3, 0.4) is 0 Å². The Morgan fingerprint density at radius 2 is 1.80 bits per heavy atom. The van der Waals surface area contributed by atoms with Gasteiger partial charge in [0, 0.05) is 24.5 Å². The van der Waals surface area contributed by atoms with Crippen LogP contribution in [0.25, 0.3) is 11.0 Å². The van der Waals surface area contributed by atoms with E-state index in [-0.39, 0.29) is 11.7 Å². The summed E-state index contributed by atoms with van der Waals surface area (Å²) >= 11 is 0. The molecular weight excluding hydrogens is 388 g/mol. The average molecular weight is 410 g/mol. The zero-order chi connectivity index (χ0) is 21.1. The number of hydrogen-bond acceptors (Lipinski definition) is 6. The van der Waals surface area contributed by atoms with Crippen molar-refractivity contribution in [3.05, 3.63) is 53.8 Å². The molecule has 0 aliphatic carbocycles. The van der Waals surface area contributed by atoms with Gasteiger partial charge in [-0.1, -0.05) is 12.1 Å². The van der Waals surface area contributed by atoms with Crippen LogP contribution in [0.4, 0.5) is 5.69 Å². The van der Waals surface area contributed by atoms with E-state index in [1.807, 2.05) is 12.1 Å². The number of nitrogens with one attached hydrogen (secondary N) is 1. The summed E-state index contributed by atoms with van der Waals surface area (Å²) < 4.78 is 21.7. The summed E-state index contributed by atoms with van der Waals surface area (Å²) in [6, 6.07) is 12.1. The molecule has 0 unspecified atom stereocenters. The summed E-state index contributed by atoms with van der Waals surface area (Å²) in [7, 11) is 3.02. The normalized spacial score (nSPS) is 13.9. The quantitative estimate of drug-likeness (QED) is 0.695. The first kappa shape index (κ1) is 19.8. The predicted molar refractivity (Wildman–Crippen MR) is 110 cm³/mol. The van der Waals surface area contributed by atoms with Crippen molar-refractivity contribution < 1.29 is 28.2 Å². The minimum absolute atomic E-state index is 0.0962. The second-order valence-electron chi connectivity index (χ2n) is 6.73. The van der Waals surface area contributed by atoms with Crippen LogP contribution in [0.1, 0.15) is 20.9 Å². The van der Waals surface area contributed by atoms with E-state index < -0.39 is 5.91 Å². The van der Waals surface area contributed by atoms with Crippen molar-refractivity contribution in [1.29, 1.82) is 0 Å². The molecular formula is C22H22N2O6. The number of methoxy groups -OCH3 is 2. The van der Waals surface area contributed by atoms with Crippen LogP contribution in [-0.4, -0.2) is 57.2 Å². The molecule has 156 valence electrons. The lowest BCUT2D eigenvalue weighted by molar-refractivity contribution is 0.0285. The predicted octanol–water partition coefficient (Wildman–Crippen LogP) is 3.17. The van der Waals surface area contributed by atoms with E-state index in [1.165, 1.54) is 14.2 Å². The standard InChI is InChI=1S/C22H22N2O6/c1-27-14-7-8-16(18(13-14)28-2)21(25)23-19-15-5-3-4-6-17(15)30-20(19)22(26)24-9-11-29-12-10-24/h3-8,13H,9-12H2,1-2H3,(H,23,25). The van der Waals surface area contributed by atoms with Crippen LogP contribution in [0.2, 0.25) is 0 Å². The molecule has 0 atom stereocenters. The Morgan fingerprint density at radius 3 is 2.53 bits per heavy atom. The second kappa shape index (κ2) is 8.46. The van der Waals surface area contributed by atoms with Gasteiger partial charge in [0.05, 0.1) is 33.0 Å².